The van der Waals surface area contributed by atoms with Crippen LogP contribution in [0, 0.1) is 6.92 Å². The number of rotatable bonds is 8. The molecule has 1 aromatic carbocycles. The molecular weight excluding hydrogens is 458 g/mol. The maximum atomic E-state index is 13.3. The molecule has 0 aliphatic carbocycles. The highest BCUT2D eigenvalue weighted by Crippen LogP contribution is 2.31. The Morgan fingerprint density at radius 2 is 2.00 bits per heavy atom. The van der Waals surface area contributed by atoms with Crippen LogP contribution < -0.4 is 16.2 Å². The summed E-state index contributed by atoms with van der Waals surface area (Å²) in [5.74, 6) is 1.24. The molecule has 0 saturated heterocycles. The van der Waals surface area contributed by atoms with Crippen molar-refractivity contribution in [3.63, 3.8) is 0 Å². The molecule has 0 spiro atoms. The highest BCUT2D eigenvalue weighted by Gasteiger charge is 2.16. The first-order valence-corrected chi connectivity index (χ1v) is 11.2. The Morgan fingerprint density at radius 3 is 2.68 bits per heavy atom. The summed E-state index contributed by atoms with van der Waals surface area (Å²) in [6, 6.07) is 7.04. The highest BCUT2D eigenvalue weighted by atomic mass is 35.5. The smallest absolute Gasteiger partial charge is 0.260 e. The summed E-state index contributed by atoms with van der Waals surface area (Å²) in [5, 5.41) is 10.9. The summed E-state index contributed by atoms with van der Waals surface area (Å²) in [7, 11) is 0. The lowest BCUT2D eigenvalue weighted by atomic mass is 10.0. The second-order valence-electron chi connectivity index (χ2n) is 7.67. The van der Waals surface area contributed by atoms with E-state index in [1.54, 1.807) is 42.0 Å². The van der Waals surface area contributed by atoms with Crippen molar-refractivity contribution in [1.82, 2.24) is 30.0 Å². The molecule has 0 saturated carbocycles. The highest BCUT2D eigenvalue weighted by molar-refractivity contribution is 6.33. The van der Waals surface area contributed by atoms with Gasteiger partial charge in [0.15, 0.2) is 0 Å². The van der Waals surface area contributed by atoms with Crippen LogP contribution in [0.1, 0.15) is 26.2 Å². The standard InChI is InChI=1S/C23H24ClN7O3/c1-4-31-21-16(12-27-23(29-21)26-9-5-8-25-13(2)32)10-18(22(31)33)17-7-6-15(11-19(17)24)20-28-14(3)34-30-20/h6-7,10-12H,4-5,8-9H2,1-3H3,(H,25,32)(H,26,27,29). The van der Waals surface area contributed by atoms with Crippen LogP contribution >= 0.6 is 11.6 Å². The number of amides is 1. The van der Waals surface area contributed by atoms with E-state index >= 15 is 0 Å². The Bertz CT molecular complexity index is 1410. The number of pyridine rings is 1. The number of benzene rings is 1. The van der Waals surface area contributed by atoms with Gasteiger partial charge in [-0.15, -0.1) is 0 Å². The molecule has 3 heterocycles. The lowest BCUT2D eigenvalue weighted by Crippen LogP contribution is -2.24. The van der Waals surface area contributed by atoms with Gasteiger partial charge in [-0.2, -0.15) is 9.97 Å². The van der Waals surface area contributed by atoms with Crippen molar-refractivity contribution in [2.24, 2.45) is 0 Å². The molecule has 0 unspecified atom stereocenters. The zero-order chi connectivity index (χ0) is 24.2. The van der Waals surface area contributed by atoms with Crippen LogP contribution in [-0.2, 0) is 11.3 Å². The molecule has 0 radical (unpaired) electrons. The SMILES string of the molecule is CCn1c(=O)c(-c2ccc(-c3noc(C)n3)cc2Cl)cc2cnc(NCCCNC(C)=O)nc21. The minimum Gasteiger partial charge on any atom is -0.356 e. The number of hydrogen-bond donors (Lipinski definition) is 2. The molecule has 2 N–H and O–H groups in total. The van der Waals surface area contributed by atoms with Crippen molar-refractivity contribution in [3.8, 4) is 22.5 Å². The number of aryl methyl sites for hydroxylation is 2. The van der Waals surface area contributed by atoms with Crippen molar-refractivity contribution in [2.45, 2.75) is 33.7 Å². The van der Waals surface area contributed by atoms with E-state index in [9.17, 15) is 9.59 Å². The largest absolute Gasteiger partial charge is 0.356 e. The number of carbonyl (C=O) groups is 1. The number of carbonyl (C=O) groups excluding carboxylic acids is 1. The molecule has 4 rings (SSSR count). The van der Waals surface area contributed by atoms with Crippen LogP contribution in [0.4, 0.5) is 5.95 Å². The summed E-state index contributed by atoms with van der Waals surface area (Å²) in [4.78, 5) is 37.4. The first kappa shape index (κ1) is 23.4. The zero-order valence-electron chi connectivity index (χ0n) is 19.1. The second-order valence-corrected chi connectivity index (χ2v) is 8.08. The van der Waals surface area contributed by atoms with E-state index in [1.807, 2.05) is 6.92 Å². The minimum atomic E-state index is -0.199. The molecule has 11 heteroatoms. The van der Waals surface area contributed by atoms with Crippen molar-refractivity contribution in [3.05, 3.63) is 51.7 Å². The van der Waals surface area contributed by atoms with Crippen molar-refractivity contribution in [2.75, 3.05) is 18.4 Å². The maximum Gasteiger partial charge on any atom is 0.260 e. The molecule has 0 fully saturated rings. The van der Waals surface area contributed by atoms with E-state index in [0.717, 1.165) is 6.42 Å². The Labute approximate surface area is 200 Å². The molecule has 0 atom stereocenters. The normalized spacial score (nSPS) is 11.1. The number of nitrogens with zero attached hydrogens (tertiary/aromatic N) is 5. The van der Waals surface area contributed by atoms with Gasteiger partial charge in [0.25, 0.3) is 5.56 Å². The Balaban J connectivity index is 1.65. The summed E-state index contributed by atoms with van der Waals surface area (Å²) in [6.45, 7) is 6.65. The number of halogens is 1. The van der Waals surface area contributed by atoms with Crippen LogP contribution in [0.2, 0.25) is 5.02 Å². The van der Waals surface area contributed by atoms with E-state index in [0.29, 0.717) is 70.0 Å². The van der Waals surface area contributed by atoms with E-state index < -0.39 is 0 Å². The van der Waals surface area contributed by atoms with Gasteiger partial charge < -0.3 is 15.2 Å². The van der Waals surface area contributed by atoms with Gasteiger partial charge in [-0.05, 0) is 25.5 Å². The number of aromatic nitrogens is 5. The monoisotopic (exact) mass is 481 g/mol. The molecule has 0 bridgehead atoms. The van der Waals surface area contributed by atoms with Gasteiger partial charge in [0, 0.05) is 66.8 Å². The molecule has 0 aliphatic heterocycles. The van der Waals surface area contributed by atoms with Crippen molar-refractivity contribution in [1.29, 1.82) is 0 Å². The lowest BCUT2D eigenvalue weighted by molar-refractivity contribution is -0.118. The van der Waals surface area contributed by atoms with Crippen molar-refractivity contribution < 1.29 is 9.32 Å². The zero-order valence-corrected chi connectivity index (χ0v) is 19.8. The second kappa shape index (κ2) is 10.0. The summed E-state index contributed by atoms with van der Waals surface area (Å²) < 4.78 is 6.63. The van der Waals surface area contributed by atoms with E-state index in [4.69, 9.17) is 16.1 Å². The van der Waals surface area contributed by atoms with E-state index in [2.05, 4.69) is 30.7 Å². The van der Waals surface area contributed by atoms with Gasteiger partial charge in [-0.3, -0.25) is 14.2 Å². The van der Waals surface area contributed by atoms with Crippen LogP contribution in [-0.4, -0.2) is 43.7 Å². The number of hydrogen-bond acceptors (Lipinski definition) is 8. The molecule has 34 heavy (non-hydrogen) atoms. The lowest BCUT2D eigenvalue weighted by Gasteiger charge is -2.13. The fourth-order valence-corrected chi connectivity index (χ4v) is 3.85. The Hall–Kier alpha value is -3.79. The van der Waals surface area contributed by atoms with Crippen LogP contribution in [0.25, 0.3) is 33.5 Å². The summed E-state index contributed by atoms with van der Waals surface area (Å²) in [6.07, 6.45) is 2.40. The van der Waals surface area contributed by atoms with Crippen LogP contribution in [0.5, 0.6) is 0 Å². The maximum absolute atomic E-state index is 13.3. The molecule has 0 aliphatic rings. The van der Waals surface area contributed by atoms with E-state index in [-0.39, 0.29) is 11.5 Å². The Morgan fingerprint density at radius 1 is 1.18 bits per heavy atom. The quantitative estimate of drug-likeness (QED) is 0.366. The third-order valence-corrected chi connectivity index (χ3v) is 5.51. The predicted molar refractivity (Wildman–Crippen MR) is 130 cm³/mol. The topological polar surface area (TPSA) is 128 Å². The molecule has 3 aromatic heterocycles. The van der Waals surface area contributed by atoms with Gasteiger partial charge in [0.1, 0.15) is 5.65 Å². The molecular formula is C23H24ClN7O3. The molecule has 4 aromatic rings. The third-order valence-electron chi connectivity index (χ3n) is 5.20. The van der Waals surface area contributed by atoms with Crippen LogP contribution in [0.3, 0.4) is 0 Å². The van der Waals surface area contributed by atoms with Gasteiger partial charge >= 0.3 is 0 Å². The fourth-order valence-electron chi connectivity index (χ4n) is 3.57. The van der Waals surface area contributed by atoms with Gasteiger partial charge in [0.05, 0.1) is 0 Å². The minimum absolute atomic E-state index is 0.0654. The third kappa shape index (κ3) is 4.91. The predicted octanol–water partition coefficient (Wildman–Crippen LogP) is 3.43. The average molecular weight is 482 g/mol. The molecule has 1 amide bonds. The van der Waals surface area contributed by atoms with Crippen LogP contribution in [0.15, 0.2) is 39.8 Å². The summed E-state index contributed by atoms with van der Waals surface area (Å²) in [5.41, 5.74) is 2.08. The number of fused-ring (bicyclic) bond motifs is 1. The Kier molecular flexibility index (Phi) is 6.87. The first-order valence-electron chi connectivity index (χ1n) is 10.9. The van der Waals surface area contributed by atoms with Crippen molar-refractivity contribution >= 4 is 34.5 Å². The number of anilines is 1. The number of nitrogens with one attached hydrogen (secondary N) is 2. The summed E-state index contributed by atoms with van der Waals surface area (Å²) >= 11 is 6.57. The molecule has 176 valence electrons. The van der Waals surface area contributed by atoms with Gasteiger partial charge in [-0.1, -0.05) is 28.9 Å². The average Bonchev–Trinajstić information content (AvgIpc) is 3.25. The fraction of sp³-hybridized carbons (Fsp3) is 0.304. The van der Waals surface area contributed by atoms with Gasteiger partial charge in [0.2, 0.25) is 23.6 Å². The van der Waals surface area contributed by atoms with Gasteiger partial charge in [-0.25, -0.2) is 4.98 Å². The molecule has 10 nitrogen and oxygen atoms in total. The van der Waals surface area contributed by atoms with E-state index in [1.165, 1.54) is 6.92 Å². The first-order chi connectivity index (χ1) is 16.4.